The Bertz CT molecular complexity index is 411. The molecule has 138 valence electrons. The van der Waals surface area contributed by atoms with Crippen LogP contribution in [0.2, 0.25) is 0 Å². The number of thioether (sulfide) groups is 2. The summed E-state index contributed by atoms with van der Waals surface area (Å²) >= 11 is 3.70. The third kappa shape index (κ3) is 2.95. The van der Waals surface area contributed by atoms with Gasteiger partial charge in [0.15, 0.2) is 9.87 Å². The van der Waals surface area contributed by atoms with E-state index < -0.39 is 0 Å². The molecule has 0 saturated carbocycles. The van der Waals surface area contributed by atoms with Gasteiger partial charge in [-0.1, -0.05) is 0 Å². The zero-order chi connectivity index (χ0) is 16.6. The van der Waals surface area contributed by atoms with Crippen LogP contribution >= 0.6 is 23.5 Å². The third-order valence-electron chi connectivity index (χ3n) is 6.20. The van der Waals surface area contributed by atoms with Gasteiger partial charge >= 0.3 is 0 Å². The highest BCUT2D eigenvalue weighted by atomic mass is 32.2. The normalized spacial score (nSPS) is 49.2. The van der Waals surface area contributed by atoms with Crippen LogP contribution in [0.25, 0.3) is 0 Å². The highest BCUT2D eigenvalue weighted by molar-refractivity contribution is 8.04. The second-order valence-electron chi connectivity index (χ2n) is 7.41. The molecule has 0 bridgehead atoms. The molecule has 4 fully saturated rings. The molecule has 0 amide bonds. The number of hydrogen-bond acceptors (Lipinski definition) is 6. The summed E-state index contributed by atoms with van der Waals surface area (Å²) in [5, 5.41) is 0. The summed E-state index contributed by atoms with van der Waals surface area (Å²) in [5.74, 6) is 0. The number of fused-ring (bicyclic) bond motifs is 3. The molecule has 0 aromatic rings. The van der Waals surface area contributed by atoms with Crippen molar-refractivity contribution in [2.75, 3.05) is 25.7 Å². The van der Waals surface area contributed by atoms with Gasteiger partial charge in [0, 0.05) is 13.2 Å². The molecule has 4 heterocycles. The number of ether oxygens (including phenoxy) is 4. The van der Waals surface area contributed by atoms with E-state index in [2.05, 4.69) is 12.5 Å². The fourth-order valence-electron chi connectivity index (χ4n) is 4.88. The van der Waals surface area contributed by atoms with Gasteiger partial charge in [-0.2, -0.15) is 0 Å². The van der Waals surface area contributed by atoms with E-state index in [1.165, 1.54) is 0 Å². The maximum atomic E-state index is 6.87. The van der Waals surface area contributed by atoms with Crippen LogP contribution in [0.4, 0.5) is 0 Å². The minimum absolute atomic E-state index is 0.213. The lowest BCUT2D eigenvalue weighted by molar-refractivity contribution is -0.181. The molecule has 4 saturated heterocycles. The largest absolute Gasteiger partial charge is 0.376 e. The Morgan fingerprint density at radius 2 is 1.12 bits per heavy atom. The predicted octanol–water partition coefficient (Wildman–Crippen LogP) is 3.82. The van der Waals surface area contributed by atoms with Crippen LogP contribution in [-0.4, -0.2) is 60.0 Å². The molecule has 2 unspecified atom stereocenters. The Morgan fingerprint density at radius 3 is 1.54 bits per heavy atom. The van der Waals surface area contributed by atoms with Crippen LogP contribution in [0.3, 0.4) is 0 Å². The Kier molecular flexibility index (Phi) is 5.44. The number of rotatable bonds is 2. The van der Waals surface area contributed by atoms with Crippen molar-refractivity contribution >= 4 is 23.5 Å². The minimum Gasteiger partial charge on any atom is -0.376 e. The fraction of sp³-hybridized carbons (Fsp3) is 1.00. The van der Waals surface area contributed by atoms with E-state index in [4.69, 9.17) is 18.9 Å². The summed E-state index contributed by atoms with van der Waals surface area (Å²) in [7, 11) is 0. The first-order chi connectivity index (χ1) is 11.7. The van der Waals surface area contributed by atoms with Gasteiger partial charge in [0.2, 0.25) is 0 Å². The van der Waals surface area contributed by atoms with Gasteiger partial charge in [0.05, 0.1) is 24.4 Å². The van der Waals surface area contributed by atoms with E-state index >= 15 is 0 Å². The van der Waals surface area contributed by atoms with Crippen LogP contribution in [0.5, 0.6) is 0 Å². The Balaban J connectivity index is 1.68. The van der Waals surface area contributed by atoms with Crippen LogP contribution in [0.1, 0.15) is 51.4 Å². The zero-order valence-corrected chi connectivity index (χ0v) is 16.5. The lowest BCUT2D eigenvalue weighted by Gasteiger charge is -2.48. The SMILES string of the molecule is CSC12CC[C@@H]3OCCC[C@H]3OC1(SC)CC[C@H]1OCCC[C@@H]1O2. The van der Waals surface area contributed by atoms with Crippen LogP contribution in [-0.2, 0) is 18.9 Å². The van der Waals surface area contributed by atoms with Crippen molar-refractivity contribution in [3.8, 4) is 0 Å². The maximum Gasteiger partial charge on any atom is 0.152 e. The highest BCUT2D eigenvalue weighted by Gasteiger charge is 2.60. The molecular weight excluding hydrogens is 344 g/mol. The first kappa shape index (κ1) is 17.9. The van der Waals surface area contributed by atoms with Crippen molar-refractivity contribution in [1.29, 1.82) is 0 Å². The van der Waals surface area contributed by atoms with Crippen molar-refractivity contribution in [3.05, 3.63) is 0 Å². The quantitative estimate of drug-likeness (QED) is 0.731. The summed E-state index contributed by atoms with van der Waals surface area (Å²) in [6.07, 6.45) is 13.8. The molecule has 4 nitrogen and oxygen atoms in total. The van der Waals surface area contributed by atoms with Crippen LogP contribution < -0.4 is 0 Å². The molecule has 24 heavy (non-hydrogen) atoms. The molecule has 4 rings (SSSR count). The smallest absolute Gasteiger partial charge is 0.152 e. The van der Waals surface area contributed by atoms with Crippen molar-refractivity contribution in [2.24, 2.45) is 0 Å². The summed E-state index contributed by atoms with van der Waals surface area (Å²) in [5.41, 5.74) is 0. The van der Waals surface area contributed by atoms with E-state index in [0.717, 1.165) is 64.6 Å². The second-order valence-corrected chi connectivity index (χ2v) is 9.54. The summed E-state index contributed by atoms with van der Waals surface area (Å²) in [6, 6.07) is 0. The highest BCUT2D eigenvalue weighted by Crippen LogP contribution is 2.57. The molecule has 0 aromatic carbocycles. The molecular formula is C18H30O4S2. The maximum absolute atomic E-state index is 6.87. The predicted molar refractivity (Wildman–Crippen MR) is 98.7 cm³/mol. The molecule has 0 radical (unpaired) electrons. The summed E-state index contributed by atoms with van der Waals surface area (Å²) < 4.78 is 25.9. The molecule has 4 aliphatic rings. The van der Waals surface area contributed by atoms with Crippen molar-refractivity contribution in [1.82, 2.24) is 0 Å². The Hall–Kier alpha value is 0.540. The number of hydrogen-bond donors (Lipinski definition) is 0. The van der Waals surface area contributed by atoms with Crippen molar-refractivity contribution in [3.63, 3.8) is 0 Å². The molecule has 6 atom stereocenters. The van der Waals surface area contributed by atoms with Crippen molar-refractivity contribution < 1.29 is 18.9 Å². The van der Waals surface area contributed by atoms with Crippen molar-refractivity contribution in [2.45, 2.75) is 85.6 Å². The first-order valence-electron chi connectivity index (χ1n) is 9.41. The van der Waals surface area contributed by atoms with Gasteiger partial charge in [0.1, 0.15) is 0 Å². The lowest BCUT2D eigenvalue weighted by atomic mass is 9.99. The third-order valence-corrected chi connectivity index (χ3v) is 8.91. The fourth-order valence-corrected chi connectivity index (χ4v) is 7.38. The van der Waals surface area contributed by atoms with Gasteiger partial charge in [-0.25, -0.2) is 0 Å². The molecule has 0 spiro atoms. The lowest BCUT2D eigenvalue weighted by Crippen LogP contribution is -2.54. The monoisotopic (exact) mass is 374 g/mol. The summed E-state index contributed by atoms with van der Waals surface area (Å²) in [4.78, 5) is -0.597. The van der Waals surface area contributed by atoms with E-state index in [9.17, 15) is 0 Å². The van der Waals surface area contributed by atoms with Gasteiger partial charge in [-0.3, -0.25) is 0 Å². The van der Waals surface area contributed by atoms with E-state index in [1.807, 2.05) is 23.5 Å². The van der Waals surface area contributed by atoms with Crippen LogP contribution in [0, 0.1) is 0 Å². The van der Waals surface area contributed by atoms with E-state index in [1.54, 1.807) is 0 Å². The topological polar surface area (TPSA) is 36.9 Å². The Labute approximate surface area is 154 Å². The van der Waals surface area contributed by atoms with Gasteiger partial charge in [0.25, 0.3) is 0 Å². The average Bonchev–Trinajstić information content (AvgIpc) is 2.85. The average molecular weight is 375 g/mol. The van der Waals surface area contributed by atoms with Gasteiger partial charge < -0.3 is 18.9 Å². The van der Waals surface area contributed by atoms with E-state index in [0.29, 0.717) is 0 Å². The molecule has 0 N–H and O–H groups in total. The first-order valence-corrected chi connectivity index (χ1v) is 11.9. The van der Waals surface area contributed by atoms with E-state index in [-0.39, 0.29) is 34.3 Å². The minimum atomic E-state index is -0.298. The summed E-state index contributed by atoms with van der Waals surface area (Å²) in [6.45, 7) is 1.75. The Morgan fingerprint density at radius 1 is 0.667 bits per heavy atom. The molecule has 0 aliphatic carbocycles. The standard InChI is InChI=1S/C18H30O4S2/c1-23-17-9-7-13-16(6-4-12-19-13)22-18(17,24-2)10-8-14-15(21-17)5-3-11-20-14/h13-16H,3-12H2,1-2H3/t13-,14+,15-,16+,17?,18?. The van der Waals surface area contributed by atoms with Gasteiger partial charge in [-0.05, 0) is 63.9 Å². The van der Waals surface area contributed by atoms with Gasteiger partial charge in [-0.15, -0.1) is 23.5 Å². The molecule has 6 heteroatoms. The van der Waals surface area contributed by atoms with Crippen LogP contribution in [0.15, 0.2) is 0 Å². The zero-order valence-electron chi connectivity index (χ0n) is 14.8. The molecule has 4 aliphatic heterocycles. The second kappa shape index (κ2) is 7.28. The molecule has 0 aromatic heterocycles.